The van der Waals surface area contributed by atoms with E-state index < -0.39 is 16.8 Å². The van der Waals surface area contributed by atoms with Gasteiger partial charge in [0.1, 0.15) is 0 Å². The molecule has 0 saturated carbocycles. The van der Waals surface area contributed by atoms with Crippen LogP contribution in [0.5, 0.6) is 0 Å². The summed E-state index contributed by atoms with van der Waals surface area (Å²) in [5, 5.41) is 2.99. The van der Waals surface area contributed by atoms with Crippen molar-refractivity contribution in [1.82, 2.24) is 10.2 Å². The molecule has 0 bridgehead atoms. The number of rotatable bonds is 3. The molecule has 1 unspecified atom stereocenters. The van der Waals surface area contributed by atoms with Crippen LogP contribution < -0.4 is 5.32 Å². The first kappa shape index (κ1) is 9.63. The number of likely N-dealkylation sites (tertiary alicyclic amines) is 1. The van der Waals surface area contributed by atoms with Crippen LogP contribution >= 0.6 is 0 Å². The fraction of sp³-hybridized carbons (Fsp3) is 0.833. The molecule has 0 spiro atoms. The fourth-order valence-corrected chi connectivity index (χ4v) is 1.44. The molecule has 0 aromatic heterocycles. The van der Waals surface area contributed by atoms with E-state index in [9.17, 15) is 13.6 Å². The Kier molecular flexibility index (Phi) is 3.19. The summed E-state index contributed by atoms with van der Waals surface area (Å²) in [5.74, 6) is -0.703. The topological polar surface area (TPSA) is 72.5 Å². The highest BCUT2D eigenvalue weighted by Crippen LogP contribution is 2.07. The molecule has 6 heteroatoms. The van der Waals surface area contributed by atoms with E-state index in [0.717, 1.165) is 0 Å². The van der Waals surface area contributed by atoms with Crippen molar-refractivity contribution in [3.8, 4) is 0 Å². The number of hydrogen-bond acceptors (Lipinski definition) is 4. The van der Waals surface area contributed by atoms with Crippen LogP contribution in [0, 0.1) is 0 Å². The first-order valence-corrected chi connectivity index (χ1v) is 4.88. The Hall–Kier alpha value is -0.460. The molecular weight excluding hydrogens is 180 g/mol. The van der Waals surface area contributed by atoms with E-state index >= 15 is 0 Å². The summed E-state index contributed by atoms with van der Waals surface area (Å²) in [6.07, 6.45) is 0. The third-order valence-electron chi connectivity index (χ3n) is 1.88. The monoisotopic (exact) mass is 191 g/mol. The summed E-state index contributed by atoms with van der Waals surface area (Å²) in [6.45, 7) is 1.24. The molecule has 1 N–H and O–H groups in total. The predicted octanol–water partition coefficient (Wildman–Crippen LogP) is -1.70. The van der Waals surface area contributed by atoms with Crippen molar-refractivity contribution in [2.45, 2.75) is 6.04 Å². The lowest BCUT2D eigenvalue weighted by Gasteiger charge is -2.39. The minimum absolute atomic E-state index is 0.310. The number of carbonyl (C=O) groups excluding carboxylic acids is 1. The van der Waals surface area contributed by atoms with Crippen molar-refractivity contribution in [2.75, 3.05) is 25.9 Å². The van der Waals surface area contributed by atoms with Gasteiger partial charge < -0.3 is 14.8 Å². The Balaban J connectivity index is 2.24. The number of amides is 1. The van der Waals surface area contributed by atoms with Crippen molar-refractivity contribution < 1.29 is 13.6 Å². The first-order valence-electron chi connectivity index (χ1n) is 3.64. The summed E-state index contributed by atoms with van der Waals surface area (Å²) in [6, 6.07) is 0.328. The second-order valence-electron chi connectivity index (χ2n) is 2.73. The van der Waals surface area contributed by atoms with Gasteiger partial charge in [-0.3, -0.25) is 9.00 Å². The van der Waals surface area contributed by atoms with Crippen molar-refractivity contribution in [3.63, 3.8) is 0 Å². The van der Waals surface area contributed by atoms with Crippen molar-refractivity contribution in [1.29, 1.82) is 0 Å². The van der Waals surface area contributed by atoms with Crippen LogP contribution in [0.2, 0.25) is 0 Å². The third-order valence-corrected chi connectivity index (χ3v) is 2.37. The Bertz CT molecular complexity index is 203. The van der Waals surface area contributed by atoms with Crippen LogP contribution in [-0.4, -0.2) is 51.5 Å². The number of likely N-dealkylation sites (N-methyl/N-ethyl adjacent to an activating group) is 1. The maximum absolute atomic E-state index is 11.0. The lowest BCUT2D eigenvalue weighted by molar-refractivity contribution is -0.133. The Morgan fingerprint density at radius 1 is 1.75 bits per heavy atom. The first-order chi connectivity index (χ1) is 5.63. The van der Waals surface area contributed by atoms with Crippen LogP contribution in [0.1, 0.15) is 0 Å². The van der Waals surface area contributed by atoms with E-state index in [1.54, 1.807) is 0 Å². The van der Waals surface area contributed by atoms with Crippen LogP contribution in [0.25, 0.3) is 0 Å². The summed E-state index contributed by atoms with van der Waals surface area (Å²) in [7, 11) is 1.82. The molecule has 70 valence electrons. The van der Waals surface area contributed by atoms with E-state index in [2.05, 4.69) is 5.32 Å². The molecule has 1 rings (SSSR count). The number of nitrogens with one attached hydrogen (secondary N) is 1. The van der Waals surface area contributed by atoms with E-state index in [0.29, 0.717) is 19.1 Å². The molecule has 1 fully saturated rings. The van der Waals surface area contributed by atoms with Crippen molar-refractivity contribution in [3.05, 3.63) is 0 Å². The molecule has 1 atom stereocenters. The summed E-state index contributed by atoms with van der Waals surface area (Å²) in [5.41, 5.74) is 0. The molecule has 1 saturated heterocycles. The van der Waals surface area contributed by atoms with E-state index in [4.69, 9.17) is 0 Å². The number of carbonyl (C=O) groups is 1. The van der Waals surface area contributed by atoms with Crippen LogP contribution in [0.15, 0.2) is 0 Å². The fourth-order valence-electron chi connectivity index (χ4n) is 1.06. The van der Waals surface area contributed by atoms with Crippen LogP contribution in [0.3, 0.4) is 0 Å². The zero-order valence-electron chi connectivity index (χ0n) is 6.78. The molecule has 5 nitrogen and oxygen atoms in total. The van der Waals surface area contributed by atoms with Gasteiger partial charge in [0.15, 0.2) is 0 Å². The molecule has 0 radical (unpaired) electrons. The Morgan fingerprint density at radius 2 is 2.33 bits per heavy atom. The zero-order valence-corrected chi connectivity index (χ0v) is 7.60. The Morgan fingerprint density at radius 3 is 2.75 bits per heavy atom. The number of nitrogens with zero attached hydrogens (tertiary/aromatic N) is 1. The highest BCUT2D eigenvalue weighted by molar-refractivity contribution is 7.79. The molecular formula is C6H11N2O3S-. The minimum Gasteiger partial charge on any atom is -0.772 e. The molecule has 0 aliphatic carbocycles. The van der Waals surface area contributed by atoms with Crippen LogP contribution in [0.4, 0.5) is 0 Å². The quantitative estimate of drug-likeness (QED) is 0.539. The summed E-state index contributed by atoms with van der Waals surface area (Å²) in [4.78, 5) is 12.5. The summed E-state index contributed by atoms with van der Waals surface area (Å²) < 4.78 is 20.3. The molecule has 1 heterocycles. The zero-order chi connectivity index (χ0) is 9.14. The van der Waals surface area contributed by atoms with Gasteiger partial charge in [0.2, 0.25) is 5.91 Å². The van der Waals surface area contributed by atoms with Gasteiger partial charge in [-0.2, -0.15) is 0 Å². The molecule has 12 heavy (non-hydrogen) atoms. The number of hydrogen-bond donors (Lipinski definition) is 1. The van der Waals surface area contributed by atoms with Crippen molar-refractivity contribution >= 4 is 17.0 Å². The lowest BCUT2D eigenvalue weighted by Crippen LogP contribution is -2.59. The normalized spacial score (nSPS) is 20.3. The molecule has 1 aliphatic heterocycles. The SMILES string of the molecule is CNC1CN(C(=O)CS(=O)[O-])C1. The van der Waals surface area contributed by atoms with Gasteiger partial charge in [-0.05, 0) is 18.1 Å². The largest absolute Gasteiger partial charge is 0.772 e. The molecule has 0 aromatic carbocycles. The lowest BCUT2D eigenvalue weighted by atomic mass is 10.1. The van der Waals surface area contributed by atoms with Gasteiger partial charge in [0, 0.05) is 19.1 Å². The second-order valence-corrected chi connectivity index (χ2v) is 3.63. The average molecular weight is 191 g/mol. The average Bonchev–Trinajstić information content (AvgIpc) is 1.82. The van der Waals surface area contributed by atoms with Gasteiger partial charge in [-0.1, -0.05) is 0 Å². The molecule has 1 aliphatic rings. The molecule has 0 aromatic rings. The van der Waals surface area contributed by atoms with Gasteiger partial charge >= 0.3 is 0 Å². The van der Waals surface area contributed by atoms with E-state index in [-0.39, 0.29) is 5.91 Å². The van der Waals surface area contributed by atoms with Crippen molar-refractivity contribution in [2.24, 2.45) is 0 Å². The van der Waals surface area contributed by atoms with Crippen LogP contribution in [-0.2, 0) is 15.9 Å². The minimum atomic E-state index is -2.26. The van der Waals surface area contributed by atoms with Gasteiger partial charge in [-0.15, -0.1) is 0 Å². The van der Waals surface area contributed by atoms with E-state index in [1.807, 2.05) is 7.05 Å². The highest BCUT2D eigenvalue weighted by Gasteiger charge is 2.28. The van der Waals surface area contributed by atoms with Gasteiger partial charge in [-0.25, -0.2) is 0 Å². The summed E-state index contributed by atoms with van der Waals surface area (Å²) >= 11 is -2.26. The second kappa shape index (κ2) is 3.97. The standard InChI is InChI=1S/C6H12N2O3S/c1-7-5-2-8(3-5)6(9)4-12(10)11/h5,7H,2-4H2,1H3,(H,10,11)/p-1. The smallest absolute Gasteiger partial charge is 0.234 e. The Labute approximate surface area is 73.4 Å². The van der Waals surface area contributed by atoms with Gasteiger partial charge in [0.25, 0.3) is 0 Å². The maximum atomic E-state index is 11.0. The third kappa shape index (κ3) is 2.26. The molecule has 1 amide bonds. The maximum Gasteiger partial charge on any atom is 0.234 e. The van der Waals surface area contributed by atoms with Gasteiger partial charge in [0.05, 0.1) is 5.75 Å². The predicted molar refractivity (Wildman–Crippen MR) is 43.2 cm³/mol. The highest BCUT2D eigenvalue weighted by atomic mass is 32.2. The van der Waals surface area contributed by atoms with E-state index in [1.165, 1.54) is 4.90 Å².